The molecule has 1 aromatic rings. The summed E-state index contributed by atoms with van der Waals surface area (Å²) in [5.74, 6) is -0.197. The Morgan fingerprint density at radius 2 is 1.87 bits per heavy atom. The summed E-state index contributed by atoms with van der Waals surface area (Å²) in [5, 5.41) is 8.75. The molecule has 0 aliphatic carbocycles. The van der Waals surface area contributed by atoms with E-state index in [0.717, 1.165) is 6.54 Å². The number of carbonyl (C=O) groups excluding carboxylic acids is 2. The molecule has 0 bridgehead atoms. The maximum Gasteiger partial charge on any atom is 0.254 e. The Labute approximate surface area is 136 Å². The lowest BCUT2D eigenvalue weighted by Gasteiger charge is -2.22. The molecule has 0 radical (unpaired) electrons. The fourth-order valence-corrected chi connectivity index (χ4v) is 2.14. The van der Waals surface area contributed by atoms with Crippen LogP contribution in [0.15, 0.2) is 24.3 Å². The van der Waals surface area contributed by atoms with Crippen LogP contribution in [0.3, 0.4) is 0 Å². The topological polar surface area (TPSA) is 82.7 Å². The van der Waals surface area contributed by atoms with Crippen LogP contribution in [0.4, 0.5) is 11.4 Å². The number of rotatable bonds is 6. The molecule has 23 heavy (non-hydrogen) atoms. The van der Waals surface area contributed by atoms with Crippen molar-refractivity contribution in [1.29, 1.82) is 0 Å². The second-order valence-corrected chi connectivity index (χ2v) is 5.73. The molecule has 126 valence electrons. The smallest absolute Gasteiger partial charge is 0.254 e. The summed E-state index contributed by atoms with van der Waals surface area (Å²) in [6.07, 6.45) is -0.0218. The van der Waals surface area contributed by atoms with Gasteiger partial charge in [-0.3, -0.25) is 9.59 Å². The summed E-state index contributed by atoms with van der Waals surface area (Å²) < 4.78 is 5.40. The Kier molecular flexibility index (Phi) is 6.52. The molecule has 2 amide bonds. The molecule has 1 atom stereocenters. The zero-order valence-corrected chi connectivity index (χ0v) is 13.6. The van der Waals surface area contributed by atoms with Gasteiger partial charge in [0.1, 0.15) is 6.10 Å². The van der Waals surface area contributed by atoms with Crippen LogP contribution in [-0.4, -0.2) is 63.2 Å². The summed E-state index contributed by atoms with van der Waals surface area (Å²) in [7, 11) is 3.85. The van der Waals surface area contributed by atoms with Gasteiger partial charge in [0, 0.05) is 37.4 Å². The molecule has 1 aliphatic rings. The molecule has 7 heteroatoms. The summed E-state index contributed by atoms with van der Waals surface area (Å²) in [5.41, 5.74) is 1.39. The number of benzene rings is 1. The number of carbonyl (C=O) groups is 2. The van der Waals surface area contributed by atoms with Gasteiger partial charge in [-0.1, -0.05) is 0 Å². The first-order valence-electron chi connectivity index (χ1n) is 7.72. The second-order valence-electron chi connectivity index (χ2n) is 5.73. The van der Waals surface area contributed by atoms with Crippen LogP contribution in [-0.2, 0) is 14.3 Å². The molecule has 3 N–H and O–H groups in total. The molecule has 1 fully saturated rings. The number of ether oxygens (including phenoxy) is 1. The van der Waals surface area contributed by atoms with Gasteiger partial charge in [-0.05, 0) is 38.4 Å². The second kappa shape index (κ2) is 8.61. The van der Waals surface area contributed by atoms with Gasteiger partial charge < -0.3 is 25.6 Å². The van der Waals surface area contributed by atoms with E-state index in [1.807, 2.05) is 19.0 Å². The van der Waals surface area contributed by atoms with Crippen LogP contribution < -0.4 is 16.0 Å². The summed E-state index contributed by atoms with van der Waals surface area (Å²) in [6, 6.07) is 7.05. The molecule has 1 unspecified atom stereocenters. The standard InChI is InChI=1S/C16H24N4O3/c1-20(2)9-7-15(21)18-12-3-5-13(6-4-12)19-16(22)14-11-17-8-10-23-14/h3-6,14,17H,7-11H2,1-2H3,(H,18,21)(H,19,22). The number of morpholine rings is 1. The van der Waals surface area contributed by atoms with Crippen molar-refractivity contribution >= 4 is 23.2 Å². The van der Waals surface area contributed by atoms with Gasteiger partial charge >= 0.3 is 0 Å². The third-order valence-corrected chi connectivity index (χ3v) is 3.44. The van der Waals surface area contributed by atoms with Crippen LogP contribution in [0, 0.1) is 0 Å². The number of hydrogen-bond acceptors (Lipinski definition) is 5. The van der Waals surface area contributed by atoms with Crippen molar-refractivity contribution in [2.45, 2.75) is 12.5 Å². The van der Waals surface area contributed by atoms with Crippen LogP contribution in [0.2, 0.25) is 0 Å². The number of nitrogens with one attached hydrogen (secondary N) is 3. The molecule has 0 spiro atoms. The number of hydrogen-bond donors (Lipinski definition) is 3. The average molecular weight is 320 g/mol. The highest BCUT2D eigenvalue weighted by atomic mass is 16.5. The largest absolute Gasteiger partial charge is 0.366 e. The van der Waals surface area contributed by atoms with E-state index in [1.54, 1.807) is 24.3 Å². The Bertz CT molecular complexity index is 525. The van der Waals surface area contributed by atoms with Gasteiger partial charge in [0.2, 0.25) is 5.91 Å². The molecule has 2 rings (SSSR count). The zero-order chi connectivity index (χ0) is 16.7. The molecule has 1 heterocycles. The maximum atomic E-state index is 12.0. The lowest BCUT2D eigenvalue weighted by molar-refractivity contribution is -0.128. The Morgan fingerprint density at radius 3 is 2.43 bits per heavy atom. The van der Waals surface area contributed by atoms with Crippen LogP contribution in [0.25, 0.3) is 0 Å². The van der Waals surface area contributed by atoms with Gasteiger partial charge in [0.05, 0.1) is 6.61 Å². The normalized spacial score (nSPS) is 17.8. The van der Waals surface area contributed by atoms with E-state index in [-0.39, 0.29) is 11.8 Å². The summed E-state index contributed by atoms with van der Waals surface area (Å²) >= 11 is 0. The SMILES string of the molecule is CN(C)CCC(=O)Nc1ccc(NC(=O)C2CNCCO2)cc1. The van der Waals surface area contributed by atoms with Gasteiger partial charge in [0.25, 0.3) is 5.91 Å². The molecule has 7 nitrogen and oxygen atoms in total. The molecule has 1 aliphatic heterocycles. The van der Waals surface area contributed by atoms with Crippen molar-refractivity contribution in [3.05, 3.63) is 24.3 Å². The minimum atomic E-state index is -0.464. The van der Waals surface area contributed by atoms with Crippen LogP contribution in [0.5, 0.6) is 0 Å². The van der Waals surface area contributed by atoms with E-state index < -0.39 is 6.10 Å². The summed E-state index contributed by atoms with van der Waals surface area (Å²) in [6.45, 7) is 2.53. The van der Waals surface area contributed by atoms with Crippen LogP contribution >= 0.6 is 0 Å². The Balaban J connectivity index is 1.81. The first kappa shape index (κ1) is 17.4. The highest BCUT2D eigenvalue weighted by Gasteiger charge is 2.21. The molecular weight excluding hydrogens is 296 g/mol. The van der Waals surface area contributed by atoms with E-state index in [9.17, 15) is 9.59 Å². The third-order valence-electron chi connectivity index (χ3n) is 3.44. The average Bonchev–Trinajstić information content (AvgIpc) is 2.55. The Hall–Kier alpha value is -1.96. The van der Waals surface area contributed by atoms with E-state index in [4.69, 9.17) is 4.74 Å². The predicted octanol–water partition coefficient (Wildman–Crippen LogP) is 0.504. The van der Waals surface area contributed by atoms with Crippen molar-refractivity contribution in [1.82, 2.24) is 10.2 Å². The van der Waals surface area contributed by atoms with Gasteiger partial charge in [-0.2, -0.15) is 0 Å². The number of nitrogens with zero attached hydrogens (tertiary/aromatic N) is 1. The lowest BCUT2D eigenvalue weighted by Crippen LogP contribution is -2.45. The van der Waals surface area contributed by atoms with Crippen molar-refractivity contribution in [2.24, 2.45) is 0 Å². The first-order chi connectivity index (χ1) is 11.0. The quantitative estimate of drug-likeness (QED) is 0.711. The molecule has 1 saturated heterocycles. The van der Waals surface area contributed by atoms with Crippen molar-refractivity contribution in [2.75, 3.05) is 51.0 Å². The van der Waals surface area contributed by atoms with E-state index in [0.29, 0.717) is 37.5 Å². The minimum absolute atomic E-state index is 0.0304. The van der Waals surface area contributed by atoms with Crippen molar-refractivity contribution in [3.8, 4) is 0 Å². The van der Waals surface area contributed by atoms with E-state index in [1.165, 1.54) is 0 Å². The van der Waals surface area contributed by atoms with Gasteiger partial charge in [-0.25, -0.2) is 0 Å². The van der Waals surface area contributed by atoms with Crippen molar-refractivity contribution in [3.63, 3.8) is 0 Å². The number of anilines is 2. The fourth-order valence-electron chi connectivity index (χ4n) is 2.14. The first-order valence-corrected chi connectivity index (χ1v) is 7.72. The summed E-state index contributed by atoms with van der Waals surface area (Å²) in [4.78, 5) is 25.7. The molecule has 0 aromatic heterocycles. The minimum Gasteiger partial charge on any atom is -0.366 e. The lowest BCUT2D eigenvalue weighted by atomic mass is 10.2. The predicted molar refractivity (Wildman–Crippen MR) is 89.5 cm³/mol. The monoisotopic (exact) mass is 320 g/mol. The molecule has 0 saturated carbocycles. The highest BCUT2D eigenvalue weighted by molar-refractivity contribution is 5.95. The highest BCUT2D eigenvalue weighted by Crippen LogP contribution is 2.14. The fraction of sp³-hybridized carbons (Fsp3) is 0.500. The van der Waals surface area contributed by atoms with E-state index in [2.05, 4.69) is 16.0 Å². The maximum absolute atomic E-state index is 12.0. The Morgan fingerprint density at radius 1 is 1.22 bits per heavy atom. The van der Waals surface area contributed by atoms with E-state index >= 15 is 0 Å². The van der Waals surface area contributed by atoms with Gasteiger partial charge in [-0.15, -0.1) is 0 Å². The van der Waals surface area contributed by atoms with Crippen molar-refractivity contribution < 1.29 is 14.3 Å². The van der Waals surface area contributed by atoms with Gasteiger partial charge in [0.15, 0.2) is 0 Å². The molecular formula is C16H24N4O3. The zero-order valence-electron chi connectivity index (χ0n) is 13.6. The number of amides is 2. The van der Waals surface area contributed by atoms with Crippen LogP contribution in [0.1, 0.15) is 6.42 Å². The third kappa shape index (κ3) is 5.97. The molecule has 1 aromatic carbocycles.